The predicted octanol–water partition coefficient (Wildman–Crippen LogP) is 1.69. The van der Waals surface area contributed by atoms with Gasteiger partial charge in [-0.3, -0.25) is 0 Å². The van der Waals surface area contributed by atoms with Crippen molar-refractivity contribution >= 4 is 0 Å². The number of hydrogen-bond acceptors (Lipinski definition) is 2. The molecule has 0 bridgehead atoms. The van der Waals surface area contributed by atoms with Gasteiger partial charge < -0.3 is 5.21 Å². The first-order valence-electron chi connectivity index (χ1n) is 4.39. The van der Waals surface area contributed by atoms with Crippen molar-refractivity contribution in [3.63, 3.8) is 0 Å². The van der Waals surface area contributed by atoms with Crippen LogP contribution < -0.4 is 4.85 Å². The lowest BCUT2D eigenvalue weighted by Gasteiger charge is -2.01. The van der Waals surface area contributed by atoms with Gasteiger partial charge in [-0.25, -0.2) is 0 Å². The van der Waals surface area contributed by atoms with Crippen molar-refractivity contribution in [2.75, 3.05) is 0 Å². The van der Waals surface area contributed by atoms with Crippen molar-refractivity contribution < 1.29 is 4.85 Å². The predicted molar refractivity (Wildman–Crippen MR) is 53.4 cm³/mol. The van der Waals surface area contributed by atoms with Crippen molar-refractivity contribution in [3.05, 3.63) is 53.4 Å². The Balaban J connectivity index is 2.57. The zero-order valence-electron chi connectivity index (χ0n) is 7.84. The molecule has 3 heteroatoms. The highest BCUT2D eigenvalue weighted by Crippen LogP contribution is 2.14. The molecule has 1 heterocycles. The van der Waals surface area contributed by atoms with E-state index < -0.39 is 0 Å². The molecule has 0 aliphatic rings. The van der Waals surface area contributed by atoms with Crippen LogP contribution in [0.25, 0.3) is 11.3 Å². The van der Waals surface area contributed by atoms with E-state index in [9.17, 15) is 5.21 Å². The fourth-order valence-corrected chi connectivity index (χ4v) is 1.32. The van der Waals surface area contributed by atoms with Gasteiger partial charge >= 0.3 is 0 Å². The van der Waals surface area contributed by atoms with Gasteiger partial charge in [-0.1, -0.05) is 23.0 Å². The Morgan fingerprint density at radius 3 is 2.64 bits per heavy atom. The molecule has 0 aliphatic heterocycles. The minimum absolute atomic E-state index is 0.589. The van der Waals surface area contributed by atoms with Gasteiger partial charge in [0.15, 0.2) is 0 Å². The maximum absolute atomic E-state index is 11.4. The molecule has 1 aromatic heterocycles. The van der Waals surface area contributed by atoms with Crippen LogP contribution in [0, 0.1) is 12.1 Å². The average molecular weight is 186 g/mol. The quantitative estimate of drug-likeness (QED) is 0.502. The third-order valence-corrected chi connectivity index (χ3v) is 2.01. The van der Waals surface area contributed by atoms with Crippen molar-refractivity contribution in [2.24, 2.45) is 0 Å². The Morgan fingerprint density at radius 2 is 1.93 bits per heavy atom. The molecular weight excluding hydrogens is 176 g/mol. The molecule has 0 N–H and O–H groups in total. The standard InChI is InChI=1S/C11H10N2O/c1-9-7-11(13(14)12-8-9)10-5-3-2-4-6-10/h2-8H,1H3. The maximum atomic E-state index is 11.4. The second-order valence-corrected chi connectivity index (χ2v) is 3.16. The van der Waals surface area contributed by atoms with Crippen molar-refractivity contribution in [3.8, 4) is 11.3 Å². The Bertz CT molecular complexity index is 440. The molecule has 0 saturated heterocycles. The molecule has 70 valence electrons. The van der Waals surface area contributed by atoms with E-state index in [0.717, 1.165) is 11.1 Å². The lowest BCUT2D eigenvalue weighted by Crippen LogP contribution is -2.33. The molecule has 0 fully saturated rings. The Hall–Kier alpha value is -1.90. The number of benzene rings is 1. The molecule has 1 aromatic carbocycles. The Labute approximate surface area is 82.2 Å². The fourth-order valence-electron chi connectivity index (χ4n) is 1.32. The Kier molecular flexibility index (Phi) is 2.14. The summed E-state index contributed by atoms with van der Waals surface area (Å²) in [6, 6.07) is 11.3. The molecule has 0 unspecified atom stereocenters. The molecule has 3 nitrogen and oxygen atoms in total. The monoisotopic (exact) mass is 186 g/mol. The SMILES string of the molecule is Cc1cn[n+]([O-])c(-c2ccccc2)c1. The van der Waals surface area contributed by atoms with Gasteiger partial charge in [-0.2, -0.15) is 0 Å². The number of aryl methyl sites for hydroxylation is 1. The van der Waals surface area contributed by atoms with Gasteiger partial charge in [0.2, 0.25) is 0 Å². The number of hydrogen-bond donors (Lipinski definition) is 0. The maximum Gasteiger partial charge on any atom is 0.252 e. The summed E-state index contributed by atoms with van der Waals surface area (Å²) in [6.45, 7) is 1.92. The molecule has 0 amide bonds. The first-order valence-corrected chi connectivity index (χ1v) is 4.39. The van der Waals surface area contributed by atoms with Crippen LogP contribution in [0.15, 0.2) is 42.6 Å². The average Bonchev–Trinajstić information content (AvgIpc) is 2.23. The summed E-state index contributed by atoms with van der Waals surface area (Å²) in [5, 5.41) is 15.1. The highest BCUT2D eigenvalue weighted by Gasteiger charge is 2.08. The largest absolute Gasteiger partial charge is 0.594 e. The lowest BCUT2D eigenvalue weighted by atomic mass is 10.1. The summed E-state index contributed by atoms with van der Waals surface area (Å²) in [6.07, 6.45) is 1.56. The van der Waals surface area contributed by atoms with Crippen molar-refractivity contribution in [1.29, 1.82) is 0 Å². The van der Waals surface area contributed by atoms with E-state index in [4.69, 9.17) is 0 Å². The molecular formula is C11H10N2O. The second kappa shape index (κ2) is 3.46. The van der Waals surface area contributed by atoms with Gasteiger partial charge in [-0.15, -0.1) is 0 Å². The topological polar surface area (TPSA) is 39.8 Å². The first kappa shape index (κ1) is 8.69. The second-order valence-electron chi connectivity index (χ2n) is 3.16. The summed E-state index contributed by atoms with van der Waals surface area (Å²) < 4.78 is 0. The number of aromatic nitrogens is 2. The molecule has 0 radical (unpaired) electrons. The van der Waals surface area contributed by atoms with E-state index >= 15 is 0 Å². The third-order valence-electron chi connectivity index (χ3n) is 2.01. The summed E-state index contributed by atoms with van der Waals surface area (Å²) in [7, 11) is 0. The first-order chi connectivity index (χ1) is 6.77. The zero-order chi connectivity index (χ0) is 9.97. The summed E-state index contributed by atoms with van der Waals surface area (Å²) >= 11 is 0. The summed E-state index contributed by atoms with van der Waals surface area (Å²) in [5.41, 5.74) is 2.46. The number of nitrogens with zero attached hydrogens (tertiary/aromatic N) is 2. The van der Waals surface area contributed by atoms with Gasteiger partial charge in [0, 0.05) is 11.2 Å². The minimum atomic E-state index is 0.589. The van der Waals surface area contributed by atoms with Crippen LogP contribution in [0.4, 0.5) is 0 Å². The van der Waals surface area contributed by atoms with E-state index in [1.807, 2.05) is 43.3 Å². The molecule has 2 rings (SSSR count). The highest BCUT2D eigenvalue weighted by molar-refractivity contribution is 5.56. The van der Waals surface area contributed by atoms with Crippen LogP contribution in [-0.4, -0.2) is 5.10 Å². The molecule has 14 heavy (non-hydrogen) atoms. The van der Waals surface area contributed by atoms with Crippen LogP contribution >= 0.6 is 0 Å². The van der Waals surface area contributed by atoms with Gasteiger partial charge in [0.05, 0.1) is 11.8 Å². The zero-order valence-corrected chi connectivity index (χ0v) is 7.84. The van der Waals surface area contributed by atoms with Crippen LogP contribution in [0.3, 0.4) is 0 Å². The molecule has 0 aliphatic carbocycles. The third kappa shape index (κ3) is 1.57. The summed E-state index contributed by atoms with van der Waals surface area (Å²) in [5.74, 6) is 0. The molecule has 0 spiro atoms. The normalized spacial score (nSPS) is 10.1. The summed E-state index contributed by atoms with van der Waals surface area (Å²) in [4.78, 5) is 0.641. The van der Waals surface area contributed by atoms with Crippen LogP contribution in [0.2, 0.25) is 0 Å². The minimum Gasteiger partial charge on any atom is -0.594 e. The molecule has 2 aromatic rings. The van der Waals surface area contributed by atoms with Crippen molar-refractivity contribution in [2.45, 2.75) is 6.92 Å². The number of rotatable bonds is 1. The molecule has 0 saturated carbocycles. The van der Waals surface area contributed by atoms with E-state index in [1.54, 1.807) is 6.20 Å². The van der Waals surface area contributed by atoms with Gasteiger partial charge in [-0.05, 0) is 24.6 Å². The van der Waals surface area contributed by atoms with E-state index in [2.05, 4.69) is 5.10 Å². The molecule has 0 atom stereocenters. The lowest BCUT2D eigenvalue weighted by molar-refractivity contribution is -0.658. The van der Waals surface area contributed by atoms with Crippen LogP contribution in [0.5, 0.6) is 0 Å². The van der Waals surface area contributed by atoms with E-state index in [1.165, 1.54) is 0 Å². The van der Waals surface area contributed by atoms with E-state index in [-0.39, 0.29) is 0 Å². The highest BCUT2D eigenvalue weighted by atomic mass is 16.5. The van der Waals surface area contributed by atoms with Crippen LogP contribution in [0.1, 0.15) is 5.56 Å². The van der Waals surface area contributed by atoms with Crippen molar-refractivity contribution in [1.82, 2.24) is 5.10 Å². The smallest absolute Gasteiger partial charge is 0.252 e. The van der Waals surface area contributed by atoms with Gasteiger partial charge in [0.1, 0.15) is 0 Å². The Morgan fingerprint density at radius 1 is 1.21 bits per heavy atom. The fraction of sp³-hybridized carbons (Fsp3) is 0.0909. The van der Waals surface area contributed by atoms with E-state index in [0.29, 0.717) is 10.5 Å². The van der Waals surface area contributed by atoms with Gasteiger partial charge in [0.25, 0.3) is 5.69 Å². The van der Waals surface area contributed by atoms with Crippen LogP contribution in [-0.2, 0) is 0 Å².